The smallest absolute Gasteiger partial charge is 0.217 e. The standard InChI is InChI=1S/C20H33NO7/c1-11-7-12(2)15(13(3)8-11)10-28-6-5-16(24)18(21-14(4)23)20(27)19(26)17(25)9-22/h7-8,16-20,22,24-27H,5-6,9-10H2,1-4H3,(H,21,23)/t16-,17+,18+,19+,20+/m0/s1. The van der Waals surface area contributed by atoms with E-state index in [0.29, 0.717) is 6.61 Å². The molecular weight excluding hydrogens is 366 g/mol. The lowest BCUT2D eigenvalue weighted by molar-refractivity contribution is -0.128. The van der Waals surface area contributed by atoms with Crippen molar-refractivity contribution in [2.45, 2.75) is 71.2 Å². The first-order chi connectivity index (χ1) is 13.1. The number of ether oxygens (including phenoxy) is 1. The lowest BCUT2D eigenvalue weighted by atomic mass is 9.95. The van der Waals surface area contributed by atoms with Gasteiger partial charge in [-0.05, 0) is 43.9 Å². The number of amides is 1. The highest BCUT2D eigenvalue weighted by Crippen LogP contribution is 2.18. The van der Waals surface area contributed by atoms with Crippen molar-refractivity contribution < 1.29 is 35.1 Å². The number of hydrogen-bond donors (Lipinski definition) is 6. The van der Waals surface area contributed by atoms with Gasteiger partial charge in [-0.2, -0.15) is 0 Å². The molecule has 0 radical (unpaired) electrons. The summed E-state index contributed by atoms with van der Waals surface area (Å²) in [6, 6.07) is 2.91. The number of carbonyl (C=O) groups is 1. The number of aliphatic hydroxyl groups excluding tert-OH is 5. The van der Waals surface area contributed by atoms with Crippen molar-refractivity contribution in [2.24, 2.45) is 0 Å². The largest absolute Gasteiger partial charge is 0.394 e. The molecule has 8 heteroatoms. The Kier molecular flexibility index (Phi) is 10.0. The van der Waals surface area contributed by atoms with Crippen molar-refractivity contribution in [3.8, 4) is 0 Å². The molecule has 0 aromatic heterocycles. The Morgan fingerprint density at radius 1 is 1.04 bits per heavy atom. The highest BCUT2D eigenvalue weighted by atomic mass is 16.5. The number of hydrogen-bond acceptors (Lipinski definition) is 7. The van der Waals surface area contributed by atoms with Crippen molar-refractivity contribution >= 4 is 5.91 Å². The van der Waals surface area contributed by atoms with Crippen LogP contribution in [0.1, 0.15) is 35.6 Å². The zero-order valence-electron chi connectivity index (χ0n) is 16.9. The van der Waals surface area contributed by atoms with Crippen molar-refractivity contribution in [1.29, 1.82) is 0 Å². The van der Waals surface area contributed by atoms with E-state index < -0.39 is 43.0 Å². The van der Waals surface area contributed by atoms with Crippen molar-refractivity contribution in [3.63, 3.8) is 0 Å². The average Bonchev–Trinajstić information content (AvgIpc) is 2.62. The number of benzene rings is 1. The molecule has 5 atom stereocenters. The molecule has 0 spiro atoms. The Morgan fingerprint density at radius 3 is 2.11 bits per heavy atom. The van der Waals surface area contributed by atoms with E-state index in [4.69, 9.17) is 9.84 Å². The van der Waals surface area contributed by atoms with Crippen LogP contribution in [0.3, 0.4) is 0 Å². The number of rotatable bonds is 11. The highest BCUT2D eigenvalue weighted by Gasteiger charge is 2.35. The summed E-state index contributed by atoms with van der Waals surface area (Å²) in [5.74, 6) is -0.513. The lowest BCUT2D eigenvalue weighted by Crippen LogP contribution is -2.57. The molecule has 0 bridgehead atoms. The molecule has 1 amide bonds. The fourth-order valence-corrected chi connectivity index (χ4v) is 3.19. The van der Waals surface area contributed by atoms with Crippen LogP contribution in [0.5, 0.6) is 0 Å². The minimum atomic E-state index is -1.73. The van der Waals surface area contributed by atoms with Crippen LogP contribution in [0.15, 0.2) is 12.1 Å². The molecule has 0 saturated carbocycles. The third kappa shape index (κ3) is 7.12. The Bertz CT molecular complexity index is 614. The molecule has 0 aliphatic heterocycles. The van der Waals surface area contributed by atoms with Crippen LogP contribution < -0.4 is 5.32 Å². The molecule has 0 aliphatic rings. The van der Waals surface area contributed by atoms with Gasteiger partial charge in [-0.1, -0.05) is 17.7 Å². The predicted molar refractivity (Wildman–Crippen MR) is 104 cm³/mol. The molecule has 0 aliphatic carbocycles. The summed E-state index contributed by atoms with van der Waals surface area (Å²) >= 11 is 0. The monoisotopic (exact) mass is 399 g/mol. The number of carbonyl (C=O) groups excluding carboxylic acids is 1. The molecule has 160 valence electrons. The van der Waals surface area contributed by atoms with Gasteiger partial charge in [-0.3, -0.25) is 4.79 Å². The average molecular weight is 399 g/mol. The van der Waals surface area contributed by atoms with E-state index in [1.165, 1.54) is 12.5 Å². The molecular formula is C20H33NO7. The van der Waals surface area contributed by atoms with E-state index in [0.717, 1.165) is 16.7 Å². The third-order valence-electron chi connectivity index (χ3n) is 4.73. The molecule has 0 saturated heterocycles. The summed E-state index contributed by atoms with van der Waals surface area (Å²) in [6.45, 7) is 7.01. The SMILES string of the molecule is CC(=O)N[C@@H]([C@@H](O)[C@H](O)[C@H](O)CO)[C@@H](O)CCOCc1c(C)cc(C)cc1C. The topological polar surface area (TPSA) is 139 Å². The van der Waals surface area contributed by atoms with Crippen LogP contribution >= 0.6 is 0 Å². The summed E-state index contributed by atoms with van der Waals surface area (Å²) in [6.07, 6.45) is -6.12. The number of aryl methyl sites for hydroxylation is 3. The van der Waals surface area contributed by atoms with Crippen LogP contribution in [-0.4, -0.2) is 75.1 Å². The van der Waals surface area contributed by atoms with Gasteiger partial charge in [0, 0.05) is 13.5 Å². The summed E-state index contributed by atoms with van der Waals surface area (Å²) in [7, 11) is 0. The van der Waals surface area contributed by atoms with Gasteiger partial charge in [0.1, 0.15) is 18.3 Å². The van der Waals surface area contributed by atoms with Crippen molar-refractivity contribution in [1.82, 2.24) is 5.32 Å². The van der Waals surface area contributed by atoms with Crippen LogP contribution in [0.4, 0.5) is 0 Å². The van der Waals surface area contributed by atoms with E-state index in [1.807, 2.05) is 20.8 Å². The molecule has 0 unspecified atom stereocenters. The molecule has 1 aromatic rings. The zero-order valence-corrected chi connectivity index (χ0v) is 16.9. The summed E-state index contributed by atoms with van der Waals surface area (Å²) < 4.78 is 5.65. The zero-order chi connectivity index (χ0) is 21.4. The van der Waals surface area contributed by atoms with Crippen LogP contribution in [0.25, 0.3) is 0 Å². The maximum atomic E-state index is 11.4. The van der Waals surface area contributed by atoms with Crippen molar-refractivity contribution in [2.75, 3.05) is 13.2 Å². The van der Waals surface area contributed by atoms with E-state index in [1.54, 1.807) is 0 Å². The second-order valence-electron chi connectivity index (χ2n) is 7.24. The Hall–Kier alpha value is -1.55. The van der Waals surface area contributed by atoms with Gasteiger partial charge in [-0.25, -0.2) is 0 Å². The molecule has 0 heterocycles. The second kappa shape index (κ2) is 11.5. The van der Waals surface area contributed by atoms with Gasteiger partial charge in [0.25, 0.3) is 0 Å². The van der Waals surface area contributed by atoms with Gasteiger partial charge in [0.05, 0.1) is 25.4 Å². The van der Waals surface area contributed by atoms with E-state index in [2.05, 4.69) is 17.4 Å². The van der Waals surface area contributed by atoms with Crippen LogP contribution in [0, 0.1) is 20.8 Å². The van der Waals surface area contributed by atoms with E-state index >= 15 is 0 Å². The highest BCUT2D eigenvalue weighted by molar-refractivity contribution is 5.73. The fourth-order valence-electron chi connectivity index (χ4n) is 3.19. The molecule has 1 rings (SSSR count). The van der Waals surface area contributed by atoms with Crippen LogP contribution in [-0.2, 0) is 16.1 Å². The number of aliphatic hydroxyl groups is 5. The summed E-state index contributed by atoms with van der Waals surface area (Å²) in [5.41, 5.74) is 4.47. The second-order valence-corrected chi connectivity index (χ2v) is 7.24. The molecule has 6 N–H and O–H groups in total. The molecule has 8 nitrogen and oxygen atoms in total. The Morgan fingerprint density at radius 2 is 1.61 bits per heavy atom. The van der Waals surface area contributed by atoms with E-state index in [-0.39, 0.29) is 13.0 Å². The normalized spacial score (nSPS) is 16.9. The van der Waals surface area contributed by atoms with Gasteiger partial charge >= 0.3 is 0 Å². The third-order valence-corrected chi connectivity index (χ3v) is 4.73. The first-order valence-corrected chi connectivity index (χ1v) is 9.33. The maximum absolute atomic E-state index is 11.4. The molecule has 28 heavy (non-hydrogen) atoms. The summed E-state index contributed by atoms with van der Waals surface area (Å²) in [5, 5.41) is 51.2. The maximum Gasteiger partial charge on any atom is 0.217 e. The number of nitrogens with one attached hydrogen (secondary N) is 1. The Labute approximate surface area is 165 Å². The van der Waals surface area contributed by atoms with Gasteiger partial charge in [0.2, 0.25) is 5.91 Å². The Balaban J connectivity index is 2.66. The van der Waals surface area contributed by atoms with Gasteiger partial charge in [-0.15, -0.1) is 0 Å². The first kappa shape index (κ1) is 24.5. The molecule has 0 fully saturated rings. The predicted octanol–water partition coefficient (Wildman–Crippen LogP) is -0.541. The molecule has 1 aromatic carbocycles. The quantitative estimate of drug-likeness (QED) is 0.275. The van der Waals surface area contributed by atoms with E-state index in [9.17, 15) is 25.2 Å². The first-order valence-electron chi connectivity index (χ1n) is 9.33. The van der Waals surface area contributed by atoms with Gasteiger partial charge in [0.15, 0.2) is 0 Å². The minimum Gasteiger partial charge on any atom is -0.394 e. The lowest BCUT2D eigenvalue weighted by Gasteiger charge is -2.32. The van der Waals surface area contributed by atoms with Crippen molar-refractivity contribution in [3.05, 3.63) is 34.4 Å². The minimum absolute atomic E-state index is 0.0912. The van der Waals surface area contributed by atoms with Gasteiger partial charge < -0.3 is 35.6 Å². The summed E-state index contributed by atoms with van der Waals surface area (Å²) in [4.78, 5) is 11.4. The fraction of sp³-hybridized carbons (Fsp3) is 0.650. The van der Waals surface area contributed by atoms with Crippen LogP contribution in [0.2, 0.25) is 0 Å².